The van der Waals surface area contributed by atoms with Crippen molar-refractivity contribution in [1.82, 2.24) is 0 Å². The van der Waals surface area contributed by atoms with Gasteiger partial charge in [-0.05, 0) is 0 Å². The van der Waals surface area contributed by atoms with Gasteiger partial charge in [0.05, 0.1) is 0 Å². The summed E-state index contributed by atoms with van der Waals surface area (Å²) in [6, 6.07) is 0. The van der Waals surface area contributed by atoms with Crippen LogP contribution in [0, 0.1) is 0 Å². The summed E-state index contributed by atoms with van der Waals surface area (Å²) in [6.07, 6.45) is -7.98. The molecule has 34 heavy (non-hydrogen) atoms. The molecule has 0 bridgehead atoms. The van der Waals surface area contributed by atoms with Crippen LogP contribution in [0.2, 0.25) is 0 Å². The quantitative estimate of drug-likeness (QED) is 0.160. The van der Waals surface area contributed by atoms with Gasteiger partial charge in [-0.3, -0.25) is 0 Å². The smallest absolute Gasteiger partial charge is 0.745 e. The van der Waals surface area contributed by atoms with E-state index in [-0.39, 0.29) is 103 Å². The van der Waals surface area contributed by atoms with Gasteiger partial charge in [0.25, 0.3) is 0 Å². The van der Waals surface area contributed by atoms with Crippen molar-refractivity contribution in [3.8, 4) is 0 Å². The molecular weight excluding hydrogens is 638 g/mol. The summed E-state index contributed by atoms with van der Waals surface area (Å²) in [6.45, 7) is 0. The summed E-state index contributed by atoms with van der Waals surface area (Å²) in [4.78, 5) is 0. The maximum Gasteiger partial charge on any atom is 1.00 e. The Morgan fingerprint density at radius 1 is 0.382 bits per heavy atom. The molecule has 0 saturated carbocycles. The number of hydrogen-bond acceptors (Lipinski definition) is 6. The van der Waals surface area contributed by atoms with Gasteiger partial charge in [0.1, 0.15) is 0 Å². The van der Waals surface area contributed by atoms with E-state index in [4.69, 9.17) is 0 Å². The van der Waals surface area contributed by atoms with E-state index in [1.165, 1.54) is 0 Å². The van der Waals surface area contributed by atoms with Crippen LogP contribution in [0.5, 0.6) is 0 Å². The van der Waals surface area contributed by atoms with Crippen molar-refractivity contribution in [3.63, 3.8) is 0 Å². The number of halogens is 16. The Kier molecular flexibility index (Phi) is 12.5. The van der Waals surface area contributed by atoms with Gasteiger partial charge in [0, 0.05) is 0 Å². The van der Waals surface area contributed by atoms with E-state index in [0.717, 1.165) is 0 Å². The Labute approximate surface area is 261 Å². The monoisotopic (exact) mass is 638 g/mol. The van der Waals surface area contributed by atoms with E-state index in [1.54, 1.807) is 0 Å². The zero-order chi connectivity index (χ0) is 27.0. The van der Waals surface area contributed by atoms with Crippen LogP contribution in [0.3, 0.4) is 0 Å². The van der Waals surface area contributed by atoms with Crippen LogP contribution in [0.1, 0.15) is 0 Å². The molecular formula is C8F16K2O6S2. The van der Waals surface area contributed by atoms with E-state index in [2.05, 4.69) is 0 Å². The van der Waals surface area contributed by atoms with E-state index < -0.39 is 66.3 Å². The van der Waals surface area contributed by atoms with E-state index >= 15 is 0 Å². The molecule has 0 amide bonds. The van der Waals surface area contributed by atoms with Crippen LogP contribution in [-0.4, -0.2) is 72.0 Å². The first-order chi connectivity index (χ1) is 13.2. The molecule has 0 aliphatic rings. The fourth-order valence-corrected chi connectivity index (χ4v) is 3.48. The van der Waals surface area contributed by atoms with Gasteiger partial charge < -0.3 is 9.11 Å². The Bertz CT molecular complexity index is 926. The minimum atomic E-state index is -9.12. The maximum absolute atomic E-state index is 13.6. The third-order valence-electron chi connectivity index (χ3n) is 3.35. The Hall–Kier alpha value is 1.97. The molecule has 0 radical (unpaired) electrons. The standard InChI is InChI=1S/C8H2F16O6S2.2K/c9-1(10,3(13,14)5(17,18)7(21,22)23)2(11,12)4(15,16)6(19,20)8(24,31(25,26)27)32(28,29)30;;/h(H,25,26,27)(H,28,29,30);;/q;2*+1/p-2. The second-order valence-electron chi connectivity index (χ2n) is 5.39. The van der Waals surface area contributed by atoms with Crippen molar-refractivity contribution in [2.75, 3.05) is 0 Å². The largest absolute Gasteiger partial charge is 1.00 e. The minimum absolute atomic E-state index is 0. The molecule has 0 aliphatic carbocycles. The van der Waals surface area contributed by atoms with Gasteiger partial charge in [-0.15, -0.1) is 0 Å². The summed E-state index contributed by atoms with van der Waals surface area (Å²) in [5.41, 5.74) is 0. The predicted molar refractivity (Wildman–Crippen MR) is 59.0 cm³/mol. The van der Waals surface area contributed by atoms with Crippen molar-refractivity contribution in [3.05, 3.63) is 0 Å². The second-order valence-corrected chi connectivity index (χ2v) is 8.59. The Balaban J connectivity index is -0.00000480. The predicted octanol–water partition coefficient (Wildman–Crippen LogP) is -2.92. The first-order valence-electron chi connectivity index (χ1n) is 6.18. The Morgan fingerprint density at radius 3 is 0.735 bits per heavy atom. The maximum atomic E-state index is 13.6. The van der Waals surface area contributed by atoms with Crippen LogP contribution >= 0.6 is 0 Å². The number of hydrogen-bond donors (Lipinski definition) is 0. The van der Waals surface area contributed by atoms with E-state index in [0.29, 0.717) is 0 Å². The number of rotatable bonds is 8. The molecule has 0 spiro atoms. The van der Waals surface area contributed by atoms with Crippen molar-refractivity contribution in [1.29, 1.82) is 0 Å². The van der Waals surface area contributed by atoms with Gasteiger partial charge >= 0.3 is 149 Å². The van der Waals surface area contributed by atoms with Crippen molar-refractivity contribution >= 4 is 20.2 Å². The molecule has 0 aliphatic heterocycles. The summed E-state index contributed by atoms with van der Waals surface area (Å²) in [5, 5.41) is 0. The molecule has 0 atom stereocenters. The molecule has 6 nitrogen and oxygen atoms in total. The molecule has 0 aromatic carbocycles. The van der Waals surface area contributed by atoms with E-state index in [1.807, 2.05) is 0 Å². The molecule has 0 unspecified atom stereocenters. The van der Waals surface area contributed by atoms with Crippen molar-refractivity contribution in [2.24, 2.45) is 0 Å². The van der Waals surface area contributed by atoms with Crippen LogP contribution < -0.4 is 103 Å². The average molecular weight is 638 g/mol. The number of alkyl halides is 16. The first kappa shape index (κ1) is 40.5. The molecule has 0 N–H and O–H groups in total. The molecule has 0 saturated heterocycles. The fraction of sp³-hybridized carbons (Fsp3) is 1.00. The second kappa shape index (κ2) is 10.5. The van der Waals surface area contributed by atoms with Crippen molar-refractivity contribution < 1.29 is 199 Å². The van der Waals surface area contributed by atoms with Gasteiger partial charge in [-0.25, -0.2) is 21.2 Å². The zero-order valence-electron chi connectivity index (χ0n) is 15.3. The zero-order valence-corrected chi connectivity index (χ0v) is 23.2. The summed E-state index contributed by atoms with van der Waals surface area (Å²) < 4.78 is 260. The summed E-state index contributed by atoms with van der Waals surface area (Å²) >= 11 is 0. The van der Waals surface area contributed by atoms with Crippen LogP contribution in [0.15, 0.2) is 0 Å². The molecule has 0 rings (SSSR count). The molecule has 0 heterocycles. The first-order valence-corrected chi connectivity index (χ1v) is 9.00. The van der Waals surface area contributed by atoms with Crippen LogP contribution in [-0.2, 0) is 20.2 Å². The fourth-order valence-electron chi connectivity index (χ4n) is 1.59. The van der Waals surface area contributed by atoms with Crippen molar-refractivity contribution in [2.45, 2.75) is 46.0 Å². The van der Waals surface area contributed by atoms with Gasteiger partial charge in [0.15, 0.2) is 20.2 Å². The molecule has 0 aromatic rings. The SMILES string of the molecule is O=S(=O)([O-])C(F)(C(F)(F)C(F)(F)C(F)(F)C(F)(F)C(F)(F)C(F)(F)C(F)(F)F)S(=O)(=O)[O-].[K+].[K+]. The third kappa shape index (κ3) is 5.36. The van der Waals surface area contributed by atoms with E-state index in [9.17, 15) is 96.2 Å². The topological polar surface area (TPSA) is 114 Å². The van der Waals surface area contributed by atoms with Crippen LogP contribution in [0.25, 0.3) is 0 Å². The Morgan fingerprint density at radius 2 is 0.559 bits per heavy atom. The molecule has 0 fully saturated rings. The third-order valence-corrected chi connectivity index (χ3v) is 6.37. The van der Waals surface area contributed by atoms with Crippen LogP contribution in [0.4, 0.5) is 70.2 Å². The van der Waals surface area contributed by atoms with Gasteiger partial charge in [-0.2, -0.15) is 65.9 Å². The molecule has 0 aromatic heterocycles. The molecule has 194 valence electrons. The molecule has 26 heteroatoms. The summed E-state index contributed by atoms with van der Waals surface area (Å²) in [5.74, 6) is -53.3. The average Bonchev–Trinajstić information content (AvgIpc) is 2.49. The summed E-state index contributed by atoms with van der Waals surface area (Å²) in [7, 11) is -17.0. The minimum Gasteiger partial charge on any atom is -0.745 e. The van der Waals surface area contributed by atoms with Gasteiger partial charge in [-0.1, -0.05) is 0 Å². The normalized spacial score (nSPS) is 15.9. The van der Waals surface area contributed by atoms with Gasteiger partial charge in [0.2, 0.25) is 0 Å².